The van der Waals surface area contributed by atoms with E-state index in [1.165, 1.54) is 0 Å². The summed E-state index contributed by atoms with van der Waals surface area (Å²) in [6, 6.07) is 3.30. The van der Waals surface area contributed by atoms with Gasteiger partial charge in [-0.1, -0.05) is 25.4 Å². The van der Waals surface area contributed by atoms with Crippen molar-refractivity contribution in [3.05, 3.63) is 23.0 Å². The van der Waals surface area contributed by atoms with Crippen LogP contribution in [0.3, 0.4) is 0 Å². The number of hydrogen-bond donors (Lipinski definition) is 1. The van der Waals surface area contributed by atoms with E-state index in [0.717, 1.165) is 0 Å². The van der Waals surface area contributed by atoms with Crippen LogP contribution in [0.2, 0.25) is 5.15 Å². The average Bonchev–Trinajstić information content (AvgIpc) is 2.22. The molecule has 0 aliphatic heterocycles. The van der Waals surface area contributed by atoms with Gasteiger partial charge in [0.05, 0.1) is 11.4 Å². The van der Waals surface area contributed by atoms with Gasteiger partial charge < -0.3 is 4.74 Å². The van der Waals surface area contributed by atoms with Crippen molar-refractivity contribution in [2.75, 3.05) is 5.32 Å². The first-order valence-corrected chi connectivity index (χ1v) is 6.29. The molecule has 0 fully saturated rings. The van der Waals surface area contributed by atoms with Crippen LogP contribution in [0.4, 0.5) is 10.5 Å². The molecule has 0 bridgehead atoms. The van der Waals surface area contributed by atoms with E-state index < -0.39 is 11.7 Å². The number of nitrogens with one attached hydrogen (secondary N) is 1. The summed E-state index contributed by atoms with van der Waals surface area (Å²) >= 11 is 5.70. The molecule has 0 unspecified atom stereocenters. The third-order valence-corrected chi connectivity index (χ3v) is 1.90. The summed E-state index contributed by atoms with van der Waals surface area (Å²) in [5.41, 5.74) is 0.731. The molecule has 1 aromatic heterocycles. The molecule has 0 radical (unpaired) electrons. The molecule has 0 saturated heterocycles. The number of rotatable bonds is 1. The summed E-state index contributed by atoms with van der Waals surface area (Å²) in [6.07, 6.45) is -0.500. The van der Waals surface area contributed by atoms with Gasteiger partial charge in [-0.15, -0.1) is 0 Å². The highest BCUT2D eigenvalue weighted by atomic mass is 35.5. The molecule has 0 spiro atoms. The zero-order chi connectivity index (χ0) is 14.3. The molecule has 0 saturated carbocycles. The molecule has 102 valence electrons. The van der Waals surface area contributed by atoms with E-state index in [1.54, 1.807) is 39.8 Å². The number of carbonyl (C=O) groups is 1. The van der Waals surface area contributed by atoms with E-state index in [9.17, 15) is 4.79 Å². The lowest BCUT2D eigenvalue weighted by Gasteiger charge is -2.20. The third kappa shape index (κ3) is 6.45. The second-order valence-electron chi connectivity index (χ2n) is 4.39. The van der Waals surface area contributed by atoms with Crippen LogP contribution < -0.4 is 5.32 Å². The number of pyridine rings is 1. The van der Waals surface area contributed by atoms with Crippen molar-refractivity contribution in [1.82, 2.24) is 4.98 Å². The van der Waals surface area contributed by atoms with Gasteiger partial charge in [-0.05, 0) is 39.8 Å². The van der Waals surface area contributed by atoms with Gasteiger partial charge in [-0.25, -0.2) is 9.78 Å². The van der Waals surface area contributed by atoms with Gasteiger partial charge in [0.25, 0.3) is 0 Å². The fraction of sp³-hybridized carbons (Fsp3) is 0.538. The predicted molar refractivity (Wildman–Crippen MR) is 75.2 cm³/mol. The summed E-state index contributed by atoms with van der Waals surface area (Å²) in [5, 5.41) is 3.01. The van der Waals surface area contributed by atoms with Crippen molar-refractivity contribution in [1.29, 1.82) is 0 Å². The van der Waals surface area contributed by atoms with Crippen LogP contribution in [0, 0.1) is 6.92 Å². The van der Waals surface area contributed by atoms with Crippen LogP contribution >= 0.6 is 11.6 Å². The van der Waals surface area contributed by atoms with E-state index in [4.69, 9.17) is 16.3 Å². The lowest BCUT2D eigenvalue weighted by molar-refractivity contribution is 0.0635. The second-order valence-corrected chi connectivity index (χ2v) is 4.78. The highest BCUT2D eigenvalue weighted by Gasteiger charge is 2.16. The van der Waals surface area contributed by atoms with Crippen LogP contribution in [0.5, 0.6) is 0 Å². The fourth-order valence-electron chi connectivity index (χ4n) is 1.08. The highest BCUT2D eigenvalue weighted by molar-refractivity contribution is 6.29. The summed E-state index contributed by atoms with van der Waals surface area (Å²) in [6.45, 7) is 11.2. The molecule has 0 aliphatic carbocycles. The number of amides is 1. The Balaban J connectivity index is 0.00000137. The zero-order valence-electron chi connectivity index (χ0n) is 11.8. The Morgan fingerprint density at radius 1 is 1.33 bits per heavy atom. The Kier molecular flexibility index (Phi) is 6.70. The van der Waals surface area contributed by atoms with Gasteiger partial charge in [0.15, 0.2) is 0 Å². The van der Waals surface area contributed by atoms with Gasteiger partial charge in [0.2, 0.25) is 0 Å². The van der Waals surface area contributed by atoms with Crippen molar-refractivity contribution in [3.8, 4) is 0 Å². The summed E-state index contributed by atoms with van der Waals surface area (Å²) in [4.78, 5) is 15.5. The van der Waals surface area contributed by atoms with E-state index in [1.807, 2.05) is 13.8 Å². The monoisotopic (exact) mass is 272 g/mol. The van der Waals surface area contributed by atoms with Crippen molar-refractivity contribution in [2.24, 2.45) is 0 Å². The summed E-state index contributed by atoms with van der Waals surface area (Å²) < 4.78 is 5.12. The minimum atomic E-state index is -0.516. The largest absolute Gasteiger partial charge is 0.444 e. The molecule has 1 rings (SSSR count). The third-order valence-electron chi connectivity index (χ3n) is 1.69. The number of carbonyl (C=O) groups excluding carboxylic acids is 1. The van der Waals surface area contributed by atoms with Crippen LogP contribution in [-0.2, 0) is 4.74 Å². The zero-order valence-corrected chi connectivity index (χ0v) is 12.6. The standard InChI is InChI=1S/C11H15ClN2O2.C2H6/c1-7-8(5-6-9(12)13-7)14-10(15)16-11(2,3)4;1-2/h5-6H,1-4H3,(H,14,15);1-2H3. The molecule has 18 heavy (non-hydrogen) atoms. The van der Waals surface area contributed by atoms with E-state index in [-0.39, 0.29) is 0 Å². The Morgan fingerprint density at radius 2 is 1.89 bits per heavy atom. The van der Waals surface area contributed by atoms with E-state index >= 15 is 0 Å². The van der Waals surface area contributed by atoms with Gasteiger partial charge >= 0.3 is 6.09 Å². The summed E-state index contributed by atoms with van der Waals surface area (Å²) in [5.74, 6) is 0. The molecule has 0 aromatic carbocycles. The predicted octanol–water partition coefficient (Wildman–Crippen LogP) is 4.42. The van der Waals surface area contributed by atoms with Gasteiger partial charge in [-0.3, -0.25) is 5.32 Å². The van der Waals surface area contributed by atoms with E-state index in [0.29, 0.717) is 16.5 Å². The number of hydrogen-bond acceptors (Lipinski definition) is 3. The Bertz CT molecular complexity index is 400. The van der Waals surface area contributed by atoms with Crippen molar-refractivity contribution in [3.63, 3.8) is 0 Å². The minimum Gasteiger partial charge on any atom is -0.444 e. The molecule has 0 aliphatic rings. The van der Waals surface area contributed by atoms with E-state index in [2.05, 4.69) is 10.3 Å². The maximum atomic E-state index is 11.5. The van der Waals surface area contributed by atoms with Crippen LogP contribution in [0.1, 0.15) is 40.3 Å². The first-order valence-electron chi connectivity index (χ1n) is 5.91. The molecule has 4 nitrogen and oxygen atoms in total. The van der Waals surface area contributed by atoms with Crippen molar-refractivity contribution < 1.29 is 9.53 Å². The maximum absolute atomic E-state index is 11.5. The van der Waals surface area contributed by atoms with Crippen LogP contribution in [0.25, 0.3) is 0 Å². The Labute approximate surface area is 114 Å². The quantitative estimate of drug-likeness (QED) is 0.770. The lowest BCUT2D eigenvalue weighted by atomic mass is 10.2. The fourth-order valence-corrected chi connectivity index (χ4v) is 1.27. The normalized spacial score (nSPS) is 10.2. The van der Waals surface area contributed by atoms with Crippen LogP contribution in [-0.4, -0.2) is 16.7 Å². The topological polar surface area (TPSA) is 51.2 Å². The van der Waals surface area contributed by atoms with Gasteiger partial charge in [-0.2, -0.15) is 0 Å². The number of aromatic nitrogens is 1. The molecule has 1 N–H and O–H groups in total. The van der Waals surface area contributed by atoms with Crippen LogP contribution in [0.15, 0.2) is 12.1 Å². The smallest absolute Gasteiger partial charge is 0.412 e. The Morgan fingerprint density at radius 3 is 2.33 bits per heavy atom. The molecule has 1 amide bonds. The lowest BCUT2D eigenvalue weighted by Crippen LogP contribution is -2.27. The van der Waals surface area contributed by atoms with Crippen molar-refractivity contribution >= 4 is 23.4 Å². The van der Waals surface area contributed by atoms with Crippen molar-refractivity contribution in [2.45, 2.75) is 47.1 Å². The second kappa shape index (κ2) is 7.21. The molecular weight excluding hydrogens is 252 g/mol. The molecule has 0 atom stereocenters. The maximum Gasteiger partial charge on any atom is 0.412 e. The average molecular weight is 273 g/mol. The number of aryl methyl sites for hydroxylation is 1. The molecule has 1 aromatic rings. The molecular formula is C13H21ClN2O2. The summed E-state index contributed by atoms with van der Waals surface area (Å²) in [7, 11) is 0. The first kappa shape index (κ1) is 16.7. The molecule has 1 heterocycles. The minimum absolute atomic E-state index is 0.396. The highest BCUT2D eigenvalue weighted by Crippen LogP contribution is 2.17. The SMILES string of the molecule is CC.Cc1nc(Cl)ccc1NC(=O)OC(C)(C)C. The van der Waals surface area contributed by atoms with Gasteiger partial charge in [0, 0.05) is 0 Å². The number of halogens is 1. The number of ether oxygens (including phenoxy) is 1. The Hall–Kier alpha value is -1.29. The number of nitrogens with zero attached hydrogens (tertiary/aromatic N) is 1. The molecule has 5 heteroatoms. The number of anilines is 1. The van der Waals surface area contributed by atoms with Gasteiger partial charge in [0.1, 0.15) is 10.8 Å². The first-order chi connectivity index (χ1) is 8.28.